The third kappa shape index (κ3) is 5.42. The number of hydrogen-bond donors (Lipinski definition) is 2. The number of phenolic OH excluding ortho intramolecular Hbond substituents is 1. The number of aromatic hydroxyl groups is 1. The van der Waals surface area contributed by atoms with Crippen LogP contribution in [0.1, 0.15) is 12.5 Å². The van der Waals surface area contributed by atoms with Crippen molar-refractivity contribution >= 4 is 35.0 Å². The molecular formula is C24H20ClN5O2S. The first kappa shape index (κ1) is 22.6. The van der Waals surface area contributed by atoms with Crippen LogP contribution in [0.3, 0.4) is 0 Å². The summed E-state index contributed by atoms with van der Waals surface area (Å²) < 4.78 is 1.90. The van der Waals surface area contributed by atoms with Crippen LogP contribution in [0.2, 0.25) is 5.02 Å². The van der Waals surface area contributed by atoms with Gasteiger partial charge in [0.1, 0.15) is 5.75 Å². The van der Waals surface area contributed by atoms with Gasteiger partial charge in [0.05, 0.1) is 11.5 Å². The summed E-state index contributed by atoms with van der Waals surface area (Å²) in [5.74, 6) is 0.538. The monoisotopic (exact) mass is 477 g/mol. The SMILES string of the molecule is C/C(=N/NC(=O)CSc1nnc(-c2ccc(Cl)cc2)n1-c1ccccc1)c1ccccc1O. The van der Waals surface area contributed by atoms with Crippen LogP contribution in [0.25, 0.3) is 17.1 Å². The molecule has 2 N–H and O–H groups in total. The molecule has 4 aromatic rings. The molecule has 0 radical (unpaired) electrons. The Morgan fingerprint density at radius 2 is 1.73 bits per heavy atom. The Balaban J connectivity index is 1.52. The highest BCUT2D eigenvalue weighted by atomic mass is 35.5. The Morgan fingerprint density at radius 3 is 2.45 bits per heavy atom. The number of amides is 1. The lowest BCUT2D eigenvalue weighted by atomic mass is 10.1. The molecule has 1 aromatic heterocycles. The fourth-order valence-electron chi connectivity index (χ4n) is 3.11. The number of hydrazone groups is 1. The van der Waals surface area contributed by atoms with Crippen molar-refractivity contribution in [1.29, 1.82) is 0 Å². The smallest absolute Gasteiger partial charge is 0.250 e. The van der Waals surface area contributed by atoms with Gasteiger partial charge in [-0.2, -0.15) is 5.10 Å². The number of thioether (sulfide) groups is 1. The molecule has 166 valence electrons. The number of nitrogens with zero attached hydrogens (tertiary/aromatic N) is 4. The second-order valence-corrected chi connectivity index (χ2v) is 8.40. The fraction of sp³-hybridized carbons (Fsp3) is 0.0833. The third-order valence-electron chi connectivity index (χ3n) is 4.72. The van der Waals surface area contributed by atoms with E-state index < -0.39 is 0 Å². The van der Waals surface area contributed by atoms with Crippen molar-refractivity contribution < 1.29 is 9.90 Å². The van der Waals surface area contributed by atoms with Crippen molar-refractivity contribution in [2.75, 3.05) is 5.75 Å². The first-order valence-corrected chi connectivity index (χ1v) is 11.4. The van der Waals surface area contributed by atoms with Gasteiger partial charge in [-0.1, -0.05) is 53.7 Å². The van der Waals surface area contributed by atoms with Crippen molar-refractivity contribution in [2.24, 2.45) is 5.10 Å². The number of hydrogen-bond acceptors (Lipinski definition) is 6. The van der Waals surface area contributed by atoms with Gasteiger partial charge >= 0.3 is 0 Å². The summed E-state index contributed by atoms with van der Waals surface area (Å²) in [5.41, 5.74) is 5.32. The van der Waals surface area contributed by atoms with Crippen molar-refractivity contribution in [3.05, 3.63) is 89.4 Å². The van der Waals surface area contributed by atoms with Crippen molar-refractivity contribution in [3.8, 4) is 22.8 Å². The molecule has 0 atom stereocenters. The standard InChI is InChI=1S/C24H20ClN5O2S/c1-16(20-9-5-6-10-21(20)31)26-27-22(32)15-33-24-29-28-23(17-11-13-18(25)14-12-17)30(24)19-7-3-2-4-8-19/h2-14,31H,15H2,1H3,(H,27,32)/b26-16-. The number of carbonyl (C=O) groups excluding carboxylic acids is 1. The molecule has 0 saturated carbocycles. The zero-order chi connectivity index (χ0) is 23.2. The Labute approximate surface area is 200 Å². The van der Waals surface area contributed by atoms with Gasteiger partial charge in [-0.3, -0.25) is 9.36 Å². The molecular weight excluding hydrogens is 458 g/mol. The summed E-state index contributed by atoms with van der Waals surface area (Å²) in [6.45, 7) is 1.72. The fourth-order valence-corrected chi connectivity index (χ4v) is 3.98. The van der Waals surface area contributed by atoms with E-state index in [2.05, 4.69) is 20.7 Å². The van der Waals surface area contributed by atoms with E-state index in [9.17, 15) is 9.90 Å². The van der Waals surface area contributed by atoms with E-state index in [4.69, 9.17) is 11.6 Å². The lowest BCUT2D eigenvalue weighted by Crippen LogP contribution is -2.21. The number of phenols is 1. The highest BCUT2D eigenvalue weighted by molar-refractivity contribution is 7.99. The molecule has 0 aliphatic heterocycles. The van der Waals surface area contributed by atoms with Crippen LogP contribution in [-0.2, 0) is 4.79 Å². The molecule has 0 aliphatic rings. The summed E-state index contributed by atoms with van der Waals surface area (Å²) in [5, 5.41) is 23.9. The molecule has 0 unspecified atom stereocenters. The predicted octanol–water partition coefficient (Wildman–Crippen LogP) is 4.93. The first-order valence-electron chi connectivity index (χ1n) is 10.0. The number of benzene rings is 3. The van der Waals surface area contributed by atoms with Crippen molar-refractivity contribution in [1.82, 2.24) is 20.2 Å². The van der Waals surface area contributed by atoms with Crippen molar-refractivity contribution in [2.45, 2.75) is 12.1 Å². The molecule has 9 heteroatoms. The van der Waals surface area contributed by atoms with Crippen LogP contribution in [0, 0.1) is 0 Å². The van der Waals surface area contributed by atoms with Gasteiger partial charge in [-0.15, -0.1) is 10.2 Å². The number of aromatic nitrogens is 3. The van der Waals surface area contributed by atoms with Gasteiger partial charge in [0.15, 0.2) is 11.0 Å². The Hall–Kier alpha value is -3.62. The zero-order valence-electron chi connectivity index (χ0n) is 17.6. The topological polar surface area (TPSA) is 92.4 Å². The van der Waals surface area contributed by atoms with Crippen molar-refractivity contribution in [3.63, 3.8) is 0 Å². The predicted molar refractivity (Wildman–Crippen MR) is 131 cm³/mol. The number of rotatable bonds is 7. The first-order chi connectivity index (χ1) is 16.0. The maximum atomic E-state index is 12.4. The minimum atomic E-state index is -0.301. The molecule has 1 amide bonds. The average molecular weight is 478 g/mol. The average Bonchev–Trinajstić information content (AvgIpc) is 3.26. The van der Waals surface area contributed by atoms with E-state index in [0.29, 0.717) is 27.3 Å². The van der Waals surface area contributed by atoms with Crippen LogP contribution < -0.4 is 5.43 Å². The molecule has 0 aliphatic carbocycles. The van der Waals surface area contributed by atoms with Crippen LogP contribution in [0.5, 0.6) is 5.75 Å². The minimum absolute atomic E-state index is 0.0864. The number of nitrogens with one attached hydrogen (secondary N) is 1. The summed E-state index contributed by atoms with van der Waals surface area (Å²) in [4.78, 5) is 12.4. The van der Waals surface area contributed by atoms with E-state index in [0.717, 1.165) is 11.3 Å². The van der Waals surface area contributed by atoms with Gasteiger partial charge in [0, 0.05) is 21.8 Å². The third-order valence-corrected chi connectivity index (χ3v) is 5.91. The molecule has 33 heavy (non-hydrogen) atoms. The van der Waals surface area contributed by atoms with Gasteiger partial charge in [0.2, 0.25) is 0 Å². The summed E-state index contributed by atoms with van der Waals surface area (Å²) in [6, 6.07) is 23.9. The number of para-hydroxylation sites is 2. The quantitative estimate of drug-likeness (QED) is 0.224. The van der Waals surface area contributed by atoms with Gasteiger partial charge < -0.3 is 5.11 Å². The van der Waals surface area contributed by atoms with Gasteiger partial charge in [-0.05, 0) is 55.5 Å². The minimum Gasteiger partial charge on any atom is -0.507 e. The van der Waals surface area contributed by atoms with E-state index >= 15 is 0 Å². The molecule has 0 spiro atoms. The molecule has 7 nitrogen and oxygen atoms in total. The Morgan fingerprint density at radius 1 is 1.03 bits per heavy atom. The largest absolute Gasteiger partial charge is 0.507 e. The molecule has 0 bridgehead atoms. The highest BCUT2D eigenvalue weighted by Gasteiger charge is 2.17. The van der Waals surface area contributed by atoms with Gasteiger partial charge in [0.25, 0.3) is 5.91 Å². The highest BCUT2D eigenvalue weighted by Crippen LogP contribution is 2.28. The van der Waals surface area contributed by atoms with Crippen LogP contribution in [-0.4, -0.2) is 37.2 Å². The molecule has 0 fully saturated rings. The second kappa shape index (κ2) is 10.3. The Kier molecular flexibility index (Phi) is 7.07. The normalized spacial score (nSPS) is 11.4. The van der Waals surface area contributed by atoms with Gasteiger partial charge in [-0.25, -0.2) is 5.43 Å². The molecule has 0 saturated heterocycles. The summed E-state index contributed by atoms with van der Waals surface area (Å²) >= 11 is 7.28. The van der Waals surface area contributed by atoms with Crippen LogP contribution in [0.4, 0.5) is 0 Å². The summed E-state index contributed by atoms with van der Waals surface area (Å²) in [6.07, 6.45) is 0. The maximum Gasteiger partial charge on any atom is 0.250 e. The van der Waals surface area contributed by atoms with E-state index in [1.54, 1.807) is 43.3 Å². The maximum absolute atomic E-state index is 12.4. The van der Waals surface area contributed by atoms with E-state index in [1.165, 1.54) is 11.8 Å². The molecule has 3 aromatic carbocycles. The lowest BCUT2D eigenvalue weighted by molar-refractivity contribution is -0.118. The van der Waals surface area contributed by atoms with Crippen LogP contribution in [0.15, 0.2) is 89.1 Å². The number of carbonyl (C=O) groups is 1. The second-order valence-electron chi connectivity index (χ2n) is 7.02. The zero-order valence-corrected chi connectivity index (χ0v) is 19.2. The van der Waals surface area contributed by atoms with E-state index in [1.807, 2.05) is 47.0 Å². The molecule has 4 rings (SSSR count). The molecule has 1 heterocycles. The lowest BCUT2D eigenvalue weighted by Gasteiger charge is -2.10. The van der Waals surface area contributed by atoms with E-state index in [-0.39, 0.29) is 17.4 Å². The summed E-state index contributed by atoms with van der Waals surface area (Å²) in [7, 11) is 0. The van der Waals surface area contributed by atoms with Crippen LogP contribution >= 0.6 is 23.4 Å². The number of halogens is 1. The Bertz CT molecular complexity index is 1290.